The van der Waals surface area contributed by atoms with Crippen LogP contribution in [0.3, 0.4) is 0 Å². The van der Waals surface area contributed by atoms with E-state index in [1.54, 1.807) is 13.0 Å². The second-order valence-corrected chi connectivity index (χ2v) is 6.04. The molecule has 0 spiro atoms. The number of piperidine rings is 1. The van der Waals surface area contributed by atoms with E-state index in [1.807, 2.05) is 0 Å². The Morgan fingerprint density at radius 2 is 2.17 bits per heavy atom. The Morgan fingerprint density at radius 1 is 1.42 bits per heavy atom. The quantitative estimate of drug-likeness (QED) is 0.835. The molecule has 0 aromatic heterocycles. The summed E-state index contributed by atoms with van der Waals surface area (Å²) in [6.45, 7) is 2.32. The minimum Gasteiger partial charge on any atom is -0.465 e. The van der Waals surface area contributed by atoms with Crippen LogP contribution in [0, 0.1) is 5.92 Å². The summed E-state index contributed by atoms with van der Waals surface area (Å²) in [6, 6.07) is 4.93. The normalized spacial score (nSPS) is 19.5. The molecule has 2 rings (SSSR count). The summed E-state index contributed by atoms with van der Waals surface area (Å²) < 4.78 is 43.3. The molecule has 2 atom stereocenters. The highest BCUT2D eigenvalue weighted by Crippen LogP contribution is 2.31. The average molecular weight is 343 g/mol. The minimum atomic E-state index is -4.41. The number of nitrogens with one attached hydrogen (secondary N) is 1. The molecule has 0 radical (unpaired) electrons. The molecule has 24 heavy (non-hydrogen) atoms. The Morgan fingerprint density at radius 3 is 2.83 bits per heavy atom. The summed E-state index contributed by atoms with van der Waals surface area (Å²) in [5.74, 6) is -1.38. The molecule has 7 heteroatoms. The van der Waals surface area contributed by atoms with Crippen LogP contribution in [-0.2, 0) is 20.5 Å². The van der Waals surface area contributed by atoms with Gasteiger partial charge in [-0.05, 0) is 30.4 Å². The number of alkyl halides is 3. The monoisotopic (exact) mass is 343 g/mol. The summed E-state index contributed by atoms with van der Waals surface area (Å²) in [6.07, 6.45) is -2.93. The van der Waals surface area contributed by atoms with Crippen molar-refractivity contribution in [3.05, 3.63) is 35.4 Å². The largest absolute Gasteiger partial charge is 0.465 e. The van der Waals surface area contributed by atoms with Gasteiger partial charge >= 0.3 is 12.1 Å². The Labute approximate surface area is 138 Å². The maximum Gasteiger partial charge on any atom is 0.416 e. The number of carbonyl (C=O) groups excluding carboxylic acids is 2. The molecule has 1 N–H and O–H groups in total. The molecule has 1 aliphatic heterocycles. The SMILES string of the molecule is CC(CC(=O)OCC1CCCNC1=O)c1cccc(C(F)(F)F)c1. The van der Waals surface area contributed by atoms with Crippen molar-refractivity contribution in [2.24, 2.45) is 5.92 Å². The molecule has 1 aliphatic rings. The molecule has 1 amide bonds. The third-order valence-electron chi connectivity index (χ3n) is 4.10. The molecule has 1 saturated heterocycles. The summed E-state index contributed by atoms with van der Waals surface area (Å²) in [5.41, 5.74) is -0.309. The lowest BCUT2D eigenvalue weighted by molar-refractivity contribution is -0.147. The molecule has 0 saturated carbocycles. The van der Waals surface area contributed by atoms with Gasteiger partial charge in [-0.3, -0.25) is 9.59 Å². The van der Waals surface area contributed by atoms with E-state index in [9.17, 15) is 22.8 Å². The van der Waals surface area contributed by atoms with E-state index >= 15 is 0 Å². The third-order valence-corrected chi connectivity index (χ3v) is 4.10. The fourth-order valence-electron chi connectivity index (χ4n) is 2.64. The van der Waals surface area contributed by atoms with Crippen LogP contribution >= 0.6 is 0 Å². The smallest absolute Gasteiger partial charge is 0.416 e. The molecule has 1 fully saturated rings. The van der Waals surface area contributed by atoms with Gasteiger partial charge in [-0.25, -0.2) is 0 Å². The summed E-state index contributed by atoms with van der Waals surface area (Å²) in [4.78, 5) is 23.5. The van der Waals surface area contributed by atoms with Gasteiger partial charge in [0.2, 0.25) is 5.91 Å². The zero-order valence-corrected chi connectivity index (χ0v) is 13.4. The maximum atomic E-state index is 12.7. The number of benzene rings is 1. The number of esters is 1. The van der Waals surface area contributed by atoms with Crippen molar-refractivity contribution in [3.8, 4) is 0 Å². The first-order chi connectivity index (χ1) is 11.3. The standard InChI is InChI=1S/C17H20F3NO3/c1-11(12-4-2-6-14(9-12)17(18,19)20)8-15(22)24-10-13-5-3-7-21-16(13)23/h2,4,6,9,11,13H,3,5,7-8,10H2,1H3,(H,21,23). The molecule has 4 nitrogen and oxygen atoms in total. The lowest BCUT2D eigenvalue weighted by Crippen LogP contribution is -2.39. The number of ether oxygens (including phenoxy) is 1. The zero-order chi connectivity index (χ0) is 17.7. The van der Waals surface area contributed by atoms with Crippen molar-refractivity contribution in [2.75, 3.05) is 13.2 Å². The van der Waals surface area contributed by atoms with Crippen LogP contribution in [-0.4, -0.2) is 25.0 Å². The summed E-state index contributed by atoms with van der Waals surface area (Å²) >= 11 is 0. The number of halogens is 3. The molecule has 0 aliphatic carbocycles. The fourth-order valence-corrected chi connectivity index (χ4v) is 2.64. The molecule has 132 valence electrons. The molecular formula is C17H20F3NO3. The van der Waals surface area contributed by atoms with Crippen LogP contribution in [0.5, 0.6) is 0 Å². The van der Waals surface area contributed by atoms with E-state index in [2.05, 4.69) is 5.32 Å². The second kappa shape index (κ2) is 7.68. The molecule has 1 aromatic rings. The number of carbonyl (C=O) groups is 2. The maximum absolute atomic E-state index is 12.7. The van der Waals surface area contributed by atoms with E-state index in [0.717, 1.165) is 18.6 Å². The highest BCUT2D eigenvalue weighted by Gasteiger charge is 2.31. The lowest BCUT2D eigenvalue weighted by Gasteiger charge is -2.21. The van der Waals surface area contributed by atoms with Crippen LogP contribution in [0.2, 0.25) is 0 Å². The molecule has 2 unspecified atom stereocenters. The summed E-state index contributed by atoms with van der Waals surface area (Å²) in [7, 11) is 0. The van der Waals surface area contributed by atoms with Gasteiger partial charge in [-0.2, -0.15) is 13.2 Å². The Hall–Kier alpha value is -2.05. The predicted molar refractivity (Wildman–Crippen MR) is 81.2 cm³/mol. The van der Waals surface area contributed by atoms with Crippen molar-refractivity contribution < 1.29 is 27.5 Å². The van der Waals surface area contributed by atoms with Gasteiger partial charge < -0.3 is 10.1 Å². The molecular weight excluding hydrogens is 323 g/mol. The Bertz CT molecular complexity index is 601. The van der Waals surface area contributed by atoms with Crippen LogP contribution < -0.4 is 5.32 Å². The first-order valence-electron chi connectivity index (χ1n) is 7.88. The van der Waals surface area contributed by atoms with Gasteiger partial charge in [0.15, 0.2) is 0 Å². The van der Waals surface area contributed by atoms with Crippen LogP contribution in [0.4, 0.5) is 13.2 Å². The van der Waals surface area contributed by atoms with Crippen molar-refractivity contribution >= 4 is 11.9 Å². The highest BCUT2D eigenvalue weighted by molar-refractivity contribution is 5.80. The van der Waals surface area contributed by atoms with Gasteiger partial charge in [-0.15, -0.1) is 0 Å². The first kappa shape index (κ1) is 18.3. The van der Waals surface area contributed by atoms with Crippen molar-refractivity contribution in [2.45, 2.75) is 38.3 Å². The van der Waals surface area contributed by atoms with E-state index in [1.165, 1.54) is 6.07 Å². The van der Waals surface area contributed by atoms with E-state index in [4.69, 9.17) is 4.74 Å². The zero-order valence-electron chi connectivity index (χ0n) is 13.4. The van der Waals surface area contributed by atoms with E-state index in [-0.39, 0.29) is 24.9 Å². The first-order valence-corrected chi connectivity index (χ1v) is 7.88. The number of amides is 1. The fraction of sp³-hybridized carbons (Fsp3) is 0.529. The lowest BCUT2D eigenvalue weighted by atomic mass is 9.96. The second-order valence-electron chi connectivity index (χ2n) is 6.04. The van der Waals surface area contributed by atoms with Gasteiger partial charge in [0.25, 0.3) is 0 Å². The Kier molecular flexibility index (Phi) is 5.85. The molecule has 0 bridgehead atoms. The minimum absolute atomic E-state index is 0.0139. The molecule has 1 aromatic carbocycles. The van der Waals surface area contributed by atoms with Crippen LogP contribution in [0.25, 0.3) is 0 Å². The number of hydrogen-bond donors (Lipinski definition) is 1. The number of hydrogen-bond acceptors (Lipinski definition) is 3. The van der Waals surface area contributed by atoms with Crippen molar-refractivity contribution in [1.29, 1.82) is 0 Å². The highest BCUT2D eigenvalue weighted by atomic mass is 19.4. The van der Waals surface area contributed by atoms with E-state index < -0.39 is 23.6 Å². The third kappa shape index (κ3) is 4.97. The van der Waals surface area contributed by atoms with Crippen LogP contribution in [0.15, 0.2) is 24.3 Å². The van der Waals surface area contributed by atoms with Gasteiger partial charge in [0.1, 0.15) is 6.61 Å². The van der Waals surface area contributed by atoms with Gasteiger partial charge in [-0.1, -0.05) is 25.1 Å². The molecule has 1 heterocycles. The van der Waals surface area contributed by atoms with Gasteiger partial charge in [0, 0.05) is 6.54 Å². The summed E-state index contributed by atoms with van der Waals surface area (Å²) in [5, 5.41) is 2.71. The van der Waals surface area contributed by atoms with Crippen LogP contribution in [0.1, 0.15) is 43.2 Å². The van der Waals surface area contributed by atoms with Gasteiger partial charge in [0.05, 0.1) is 17.9 Å². The van der Waals surface area contributed by atoms with E-state index in [0.29, 0.717) is 18.5 Å². The Balaban J connectivity index is 1.88. The van der Waals surface area contributed by atoms with Crippen molar-refractivity contribution in [3.63, 3.8) is 0 Å². The average Bonchev–Trinajstić information content (AvgIpc) is 2.53. The van der Waals surface area contributed by atoms with Crippen molar-refractivity contribution in [1.82, 2.24) is 5.32 Å². The number of rotatable bonds is 5. The predicted octanol–water partition coefficient (Wildman–Crippen LogP) is 3.27. The topological polar surface area (TPSA) is 55.4 Å².